The first-order valence-electron chi connectivity index (χ1n) is 11.0. The van der Waals surface area contributed by atoms with Crippen molar-refractivity contribution >= 4 is 17.5 Å². The largest absolute Gasteiger partial charge is 0.366 e. The van der Waals surface area contributed by atoms with Crippen LogP contribution in [0.2, 0.25) is 0 Å². The molecule has 2 amide bonds. The van der Waals surface area contributed by atoms with Crippen LogP contribution in [0.4, 0.5) is 0 Å². The number of amides is 2. The second-order valence-corrected chi connectivity index (χ2v) is 8.39. The van der Waals surface area contributed by atoms with Crippen LogP contribution in [-0.2, 0) is 0 Å². The number of fused-ring (bicyclic) bond motifs is 1. The summed E-state index contributed by atoms with van der Waals surface area (Å²) in [5.41, 5.74) is 10.6. The van der Waals surface area contributed by atoms with Gasteiger partial charge in [0.2, 0.25) is 5.91 Å². The van der Waals surface area contributed by atoms with Crippen molar-refractivity contribution in [3.63, 3.8) is 0 Å². The summed E-state index contributed by atoms with van der Waals surface area (Å²) in [5, 5.41) is 4.27. The van der Waals surface area contributed by atoms with Gasteiger partial charge in [0, 0.05) is 53.8 Å². The number of nitrogens with zero attached hydrogens (tertiary/aromatic N) is 5. The maximum atomic E-state index is 13.3. The highest BCUT2D eigenvalue weighted by molar-refractivity contribution is 5.94. The van der Waals surface area contributed by atoms with Crippen molar-refractivity contribution < 1.29 is 9.59 Å². The molecule has 0 saturated carbocycles. The topological polar surface area (TPSA) is 106 Å². The van der Waals surface area contributed by atoms with Gasteiger partial charge in [-0.15, -0.1) is 0 Å². The molecule has 1 unspecified atom stereocenters. The lowest BCUT2D eigenvalue weighted by atomic mass is 9.93. The molecule has 166 valence electrons. The fourth-order valence-corrected chi connectivity index (χ4v) is 4.43. The van der Waals surface area contributed by atoms with Gasteiger partial charge in [-0.2, -0.15) is 5.10 Å². The average molecular weight is 441 g/mol. The molecule has 0 aliphatic carbocycles. The van der Waals surface area contributed by atoms with Crippen molar-refractivity contribution in [3.05, 3.63) is 83.6 Å². The molecule has 0 bridgehead atoms. The van der Waals surface area contributed by atoms with Crippen LogP contribution in [0.3, 0.4) is 0 Å². The first-order valence-corrected chi connectivity index (χ1v) is 11.0. The molecule has 33 heavy (non-hydrogen) atoms. The van der Waals surface area contributed by atoms with Gasteiger partial charge in [-0.1, -0.05) is 18.2 Å². The molecule has 1 aromatic carbocycles. The molecule has 8 nitrogen and oxygen atoms in total. The van der Waals surface area contributed by atoms with Gasteiger partial charge >= 0.3 is 0 Å². The van der Waals surface area contributed by atoms with Gasteiger partial charge in [-0.25, -0.2) is 9.50 Å². The van der Waals surface area contributed by atoms with Crippen molar-refractivity contribution in [2.24, 2.45) is 5.73 Å². The molecule has 0 radical (unpaired) electrons. The molecule has 2 N–H and O–H groups in total. The molecule has 1 atom stereocenters. The Kier molecular flexibility index (Phi) is 5.34. The molecule has 1 saturated heterocycles. The highest BCUT2D eigenvalue weighted by Gasteiger charge is 2.28. The number of carbonyl (C=O) groups excluding carboxylic acids is 2. The lowest BCUT2D eigenvalue weighted by molar-refractivity contribution is 0.0696. The van der Waals surface area contributed by atoms with E-state index in [0.29, 0.717) is 30.0 Å². The first kappa shape index (κ1) is 20.8. The smallest absolute Gasteiger partial charge is 0.272 e. The van der Waals surface area contributed by atoms with E-state index < -0.39 is 5.91 Å². The molecular formula is C25H24N6O2. The summed E-state index contributed by atoms with van der Waals surface area (Å²) in [6.07, 6.45) is 5.35. The zero-order valence-corrected chi connectivity index (χ0v) is 18.3. The van der Waals surface area contributed by atoms with E-state index in [9.17, 15) is 9.59 Å². The fourth-order valence-electron chi connectivity index (χ4n) is 4.43. The fraction of sp³-hybridized carbons (Fsp3) is 0.240. The number of pyridine rings is 1. The number of rotatable bonds is 4. The Balaban J connectivity index is 1.35. The van der Waals surface area contributed by atoms with Crippen LogP contribution in [0, 0.1) is 6.92 Å². The van der Waals surface area contributed by atoms with E-state index in [4.69, 9.17) is 10.7 Å². The molecule has 4 aromatic rings. The summed E-state index contributed by atoms with van der Waals surface area (Å²) in [6.45, 7) is 3.19. The number of benzene rings is 1. The van der Waals surface area contributed by atoms with Gasteiger partial charge in [0.25, 0.3) is 5.91 Å². The molecule has 1 fully saturated rings. The van der Waals surface area contributed by atoms with Crippen molar-refractivity contribution in [2.45, 2.75) is 25.7 Å². The summed E-state index contributed by atoms with van der Waals surface area (Å²) in [4.78, 5) is 35.8. The summed E-state index contributed by atoms with van der Waals surface area (Å²) in [6, 6.07) is 14.8. The van der Waals surface area contributed by atoms with E-state index in [0.717, 1.165) is 35.4 Å². The Morgan fingerprint density at radius 1 is 1.09 bits per heavy atom. The van der Waals surface area contributed by atoms with Crippen molar-refractivity contribution in [1.29, 1.82) is 0 Å². The molecule has 1 aliphatic heterocycles. The second-order valence-electron chi connectivity index (χ2n) is 8.39. The summed E-state index contributed by atoms with van der Waals surface area (Å²) in [7, 11) is 0. The van der Waals surface area contributed by atoms with Gasteiger partial charge in [0.15, 0.2) is 5.65 Å². The maximum absolute atomic E-state index is 13.3. The van der Waals surface area contributed by atoms with Crippen molar-refractivity contribution in [3.8, 4) is 11.1 Å². The molecule has 3 aromatic heterocycles. The zero-order valence-electron chi connectivity index (χ0n) is 18.3. The van der Waals surface area contributed by atoms with Crippen LogP contribution >= 0.6 is 0 Å². The number of piperidine rings is 1. The van der Waals surface area contributed by atoms with Crippen LogP contribution < -0.4 is 5.73 Å². The Morgan fingerprint density at radius 3 is 2.76 bits per heavy atom. The molecule has 1 aliphatic rings. The lowest BCUT2D eigenvalue weighted by Gasteiger charge is -2.32. The SMILES string of the molecule is Cc1cc(C(=O)N2CCCC(c3ccc(-c4cccc(C(N)=O)c4)cn3)C2)n2nccc2n1. The minimum Gasteiger partial charge on any atom is -0.366 e. The van der Waals surface area contributed by atoms with Crippen LogP contribution in [0.25, 0.3) is 16.8 Å². The quantitative estimate of drug-likeness (QED) is 0.524. The van der Waals surface area contributed by atoms with Crippen molar-refractivity contribution in [2.75, 3.05) is 13.1 Å². The van der Waals surface area contributed by atoms with Gasteiger partial charge < -0.3 is 10.6 Å². The van der Waals surface area contributed by atoms with E-state index in [2.05, 4.69) is 10.1 Å². The van der Waals surface area contributed by atoms with E-state index >= 15 is 0 Å². The minimum atomic E-state index is -0.454. The van der Waals surface area contributed by atoms with E-state index in [-0.39, 0.29) is 11.8 Å². The number of hydrogen-bond acceptors (Lipinski definition) is 5. The first-order chi connectivity index (χ1) is 16.0. The Labute approximate surface area is 191 Å². The van der Waals surface area contributed by atoms with Crippen molar-refractivity contribution in [1.82, 2.24) is 24.5 Å². The third-order valence-electron chi connectivity index (χ3n) is 6.10. The summed E-state index contributed by atoms with van der Waals surface area (Å²) in [5.74, 6) is -0.339. The van der Waals surface area contributed by atoms with E-state index in [1.54, 1.807) is 35.0 Å². The number of primary amides is 1. The number of likely N-dealkylation sites (tertiary alicyclic amines) is 1. The number of hydrogen-bond donors (Lipinski definition) is 1. The molecular weight excluding hydrogens is 416 g/mol. The molecule has 0 spiro atoms. The number of aromatic nitrogens is 4. The van der Waals surface area contributed by atoms with Gasteiger partial charge in [0.1, 0.15) is 5.69 Å². The van der Waals surface area contributed by atoms with Gasteiger partial charge in [-0.05, 0) is 49.6 Å². The molecule has 4 heterocycles. The second kappa shape index (κ2) is 8.46. The minimum absolute atomic E-state index is 0.0428. The zero-order chi connectivity index (χ0) is 22.9. The Hall–Kier alpha value is -4.07. The average Bonchev–Trinajstić information content (AvgIpc) is 3.32. The van der Waals surface area contributed by atoms with Crippen LogP contribution in [0.15, 0.2) is 60.9 Å². The maximum Gasteiger partial charge on any atom is 0.272 e. The highest BCUT2D eigenvalue weighted by Crippen LogP contribution is 2.28. The van der Waals surface area contributed by atoms with E-state index in [1.165, 1.54) is 0 Å². The highest BCUT2D eigenvalue weighted by atomic mass is 16.2. The van der Waals surface area contributed by atoms with Gasteiger partial charge in [0.05, 0.1) is 6.20 Å². The lowest BCUT2D eigenvalue weighted by Crippen LogP contribution is -2.40. The normalized spacial score (nSPS) is 16.2. The molecule has 5 rings (SSSR count). The van der Waals surface area contributed by atoms with Crippen LogP contribution in [0.1, 0.15) is 51.0 Å². The number of aryl methyl sites for hydroxylation is 1. The van der Waals surface area contributed by atoms with Gasteiger partial charge in [-0.3, -0.25) is 14.6 Å². The summed E-state index contributed by atoms with van der Waals surface area (Å²) >= 11 is 0. The Bertz CT molecular complexity index is 1340. The van der Waals surface area contributed by atoms with Crippen LogP contribution in [-0.4, -0.2) is 49.4 Å². The number of carbonyl (C=O) groups is 2. The third-order valence-corrected chi connectivity index (χ3v) is 6.10. The monoisotopic (exact) mass is 440 g/mol. The number of nitrogens with two attached hydrogens (primary N) is 1. The Morgan fingerprint density at radius 2 is 1.97 bits per heavy atom. The molecule has 8 heteroatoms. The predicted octanol–water partition coefficient (Wildman–Crippen LogP) is 3.22. The van der Waals surface area contributed by atoms with Crippen LogP contribution in [0.5, 0.6) is 0 Å². The predicted molar refractivity (Wildman–Crippen MR) is 124 cm³/mol. The third kappa shape index (κ3) is 4.07. The standard InChI is InChI=1S/C25H24N6O2/c1-16-12-22(31-23(29-16)9-10-28-31)25(33)30-11-3-6-20(15-30)21-8-7-19(14-27-21)17-4-2-5-18(13-17)24(26)32/h2,4-5,7-10,12-14,20H,3,6,11,15H2,1H3,(H2,26,32). The van der Waals surface area contributed by atoms with E-state index in [1.807, 2.05) is 42.3 Å². The summed E-state index contributed by atoms with van der Waals surface area (Å²) < 4.78 is 1.60.